The van der Waals surface area contributed by atoms with Crippen molar-refractivity contribution in [3.8, 4) is 0 Å². The van der Waals surface area contributed by atoms with E-state index in [9.17, 15) is 9.59 Å². The van der Waals surface area contributed by atoms with Crippen molar-refractivity contribution >= 4 is 46.6 Å². The number of benzene rings is 2. The summed E-state index contributed by atoms with van der Waals surface area (Å²) >= 11 is 5.27. The molecule has 0 bridgehead atoms. The molecule has 0 spiro atoms. The molecule has 2 amide bonds. The lowest BCUT2D eigenvalue weighted by molar-refractivity contribution is -0.115. The van der Waals surface area contributed by atoms with Gasteiger partial charge in [0, 0.05) is 17.5 Å². The zero-order valence-electron chi connectivity index (χ0n) is 18.1. The second kappa shape index (κ2) is 10.5. The van der Waals surface area contributed by atoms with Crippen molar-refractivity contribution in [3.05, 3.63) is 89.4 Å². The van der Waals surface area contributed by atoms with Crippen LogP contribution in [0.15, 0.2) is 71.4 Å². The highest BCUT2D eigenvalue weighted by Crippen LogP contribution is 2.21. The van der Waals surface area contributed by atoms with Gasteiger partial charge in [-0.1, -0.05) is 44.2 Å². The maximum Gasteiger partial charge on any atom is 0.291 e. The fourth-order valence-electron chi connectivity index (χ4n) is 2.91. The van der Waals surface area contributed by atoms with E-state index in [2.05, 4.69) is 41.9 Å². The first kappa shape index (κ1) is 23.0. The van der Waals surface area contributed by atoms with Gasteiger partial charge in [-0.05, 0) is 72.1 Å². The molecule has 1 aromatic heterocycles. The van der Waals surface area contributed by atoms with Crippen LogP contribution in [0.4, 0.5) is 11.4 Å². The molecule has 3 rings (SSSR count). The number of rotatable bonds is 6. The molecule has 0 aliphatic heterocycles. The number of amides is 2. The fourth-order valence-corrected chi connectivity index (χ4v) is 3.12. The Balaban J connectivity index is 1.57. The van der Waals surface area contributed by atoms with Crippen LogP contribution in [0.25, 0.3) is 6.08 Å². The van der Waals surface area contributed by atoms with E-state index >= 15 is 0 Å². The number of carbonyl (C=O) groups excluding carboxylic acids is 2. The van der Waals surface area contributed by atoms with Crippen molar-refractivity contribution in [1.82, 2.24) is 5.32 Å². The van der Waals surface area contributed by atoms with E-state index in [1.165, 1.54) is 17.9 Å². The summed E-state index contributed by atoms with van der Waals surface area (Å²) in [6.07, 6.45) is 4.61. The largest absolute Gasteiger partial charge is 0.459 e. The lowest BCUT2D eigenvalue weighted by Crippen LogP contribution is -2.33. The average molecular weight is 448 g/mol. The summed E-state index contributed by atoms with van der Waals surface area (Å²) in [6, 6.07) is 16.6. The molecule has 0 saturated carbocycles. The molecule has 164 valence electrons. The van der Waals surface area contributed by atoms with Crippen molar-refractivity contribution < 1.29 is 14.0 Å². The predicted molar refractivity (Wildman–Crippen MR) is 132 cm³/mol. The van der Waals surface area contributed by atoms with Gasteiger partial charge in [0.1, 0.15) is 0 Å². The molecule has 0 unspecified atom stereocenters. The summed E-state index contributed by atoms with van der Waals surface area (Å²) in [4.78, 5) is 24.4. The smallest absolute Gasteiger partial charge is 0.291 e. The maximum absolute atomic E-state index is 12.2. The Bertz CT molecular complexity index is 1130. The van der Waals surface area contributed by atoms with Crippen LogP contribution < -0.4 is 16.0 Å². The standard InChI is InChI=1S/C25H25N3O3S/c1-16(2)19-10-7-18(8-11-19)9-13-23(29)28-25(32)27-21-15-20(12-6-17(21)3)26-24(30)22-5-4-14-31-22/h4-16H,1-3H3,(H,26,30)(H2,27,28,29,32)/b13-9+. The third-order valence-electron chi connectivity index (χ3n) is 4.76. The summed E-state index contributed by atoms with van der Waals surface area (Å²) in [5.74, 6) is -0.0173. The summed E-state index contributed by atoms with van der Waals surface area (Å²) in [6.45, 7) is 6.17. The van der Waals surface area contributed by atoms with Gasteiger partial charge in [-0.15, -0.1) is 0 Å². The Morgan fingerprint density at radius 2 is 1.78 bits per heavy atom. The molecule has 32 heavy (non-hydrogen) atoms. The van der Waals surface area contributed by atoms with Gasteiger partial charge in [0.15, 0.2) is 10.9 Å². The first-order chi connectivity index (χ1) is 15.3. The minimum atomic E-state index is -0.354. The SMILES string of the molecule is Cc1ccc(NC(=O)c2ccco2)cc1NC(=S)NC(=O)/C=C/c1ccc(C(C)C)cc1. The lowest BCUT2D eigenvalue weighted by Gasteiger charge is -2.13. The minimum Gasteiger partial charge on any atom is -0.459 e. The normalized spacial score (nSPS) is 10.9. The van der Waals surface area contributed by atoms with Gasteiger partial charge >= 0.3 is 0 Å². The van der Waals surface area contributed by atoms with E-state index < -0.39 is 0 Å². The summed E-state index contributed by atoms with van der Waals surface area (Å²) in [5, 5.41) is 8.55. The molecular formula is C25H25N3O3S. The number of carbonyl (C=O) groups is 2. The monoisotopic (exact) mass is 447 g/mol. The Kier molecular flexibility index (Phi) is 7.57. The Morgan fingerprint density at radius 3 is 2.44 bits per heavy atom. The van der Waals surface area contributed by atoms with Gasteiger partial charge in [-0.25, -0.2) is 0 Å². The first-order valence-electron chi connectivity index (χ1n) is 10.2. The van der Waals surface area contributed by atoms with E-state index in [1.807, 2.05) is 25.1 Å². The quantitative estimate of drug-likeness (QED) is 0.344. The average Bonchev–Trinajstić information content (AvgIpc) is 3.30. The Morgan fingerprint density at radius 1 is 1.03 bits per heavy atom. The second-order valence-corrected chi connectivity index (χ2v) is 7.97. The van der Waals surface area contributed by atoms with E-state index in [4.69, 9.17) is 16.6 Å². The predicted octanol–water partition coefficient (Wildman–Crippen LogP) is 5.49. The molecule has 0 aliphatic carbocycles. The van der Waals surface area contributed by atoms with Crippen molar-refractivity contribution in [1.29, 1.82) is 0 Å². The van der Waals surface area contributed by atoms with Gasteiger partial charge in [0.05, 0.1) is 6.26 Å². The molecule has 0 saturated heterocycles. The highest BCUT2D eigenvalue weighted by atomic mass is 32.1. The van der Waals surface area contributed by atoms with Crippen LogP contribution in [0.1, 0.15) is 47.0 Å². The first-order valence-corrected chi connectivity index (χ1v) is 10.6. The number of hydrogen-bond donors (Lipinski definition) is 3. The topological polar surface area (TPSA) is 83.4 Å². The van der Waals surface area contributed by atoms with E-state index in [0.29, 0.717) is 17.3 Å². The number of aryl methyl sites for hydroxylation is 1. The van der Waals surface area contributed by atoms with Crippen molar-refractivity contribution in [2.45, 2.75) is 26.7 Å². The van der Waals surface area contributed by atoms with E-state index in [1.54, 1.807) is 30.3 Å². The fraction of sp³-hybridized carbons (Fsp3) is 0.160. The molecule has 3 aromatic rings. The molecule has 3 N–H and O–H groups in total. The van der Waals surface area contributed by atoms with E-state index in [0.717, 1.165) is 11.1 Å². The summed E-state index contributed by atoms with van der Waals surface area (Å²) < 4.78 is 5.10. The van der Waals surface area contributed by atoms with Crippen molar-refractivity contribution in [2.24, 2.45) is 0 Å². The molecule has 0 radical (unpaired) electrons. The maximum atomic E-state index is 12.2. The molecular weight excluding hydrogens is 422 g/mol. The molecule has 7 heteroatoms. The zero-order valence-corrected chi connectivity index (χ0v) is 19.0. The highest BCUT2D eigenvalue weighted by molar-refractivity contribution is 7.80. The van der Waals surface area contributed by atoms with Crippen LogP contribution in [-0.2, 0) is 4.79 Å². The number of thiocarbonyl (C=S) groups is 1. The summed E-state index contributed by atoms with van der Waals surface area (Å²) in [5.41, 5.74) is 4.31. The number of nitrogens with one attached hydrogen (secondary N) is 3. The third-order valence-corrected chi connectivity index (χ3v) is 4.96. The number of furan rings is 1. The third kappa shape index (κ3) is 6.39. The molecule has 2 aromatic carbocycles. The van der Waals surface area contributed by atoms with Gasteiger partial charge in [0.2, 0.25) is 5.91 Å². The number of hydrogen-bond acceptors (Lipinski definition) is 4. The highest BCUT2D eigenvalue weighted by Gasteiger charge is 2.10. The zero-order chi connectivity index (χ0) is 23.1. The van der Waals surface area contributed by atoms with Crippen LogP contribution >= 0.6 is 12.2 Å². The molecule has 6 nitrogen and oxygen atoms in total. The second-order valence-electron chi connectivity index (χ2n) is 7.56. The molecule has 0 aliphatic rings. The minimum absolute atomic E-state index is 0.160. The van der Waals surface area contributed by atoms with Gasteiger partial charge in [-0.3, -0.25) is 14.9 Å². The van der Waals surface area contributed by atoms with Crippen molar-refractivity contribution in [2.75, 3.05) is 10.6 Å². The van der Waals surface area contributed by atoms with Gasteiger partial charge in [0.25, 0.3) is 5.91 Å². The van der Waals surface area contributed by atoms with Crippen LogP contribution in [0.3, 0.4) is 0 Å². The van der Waals surface area contributed by atoms with Crippen LogP contribution in [0, 0.1) is 6.92 Å². The van der Waals surface area contributed by atoms with Crippen LogP contribution in [0.5, 0.6) is 0 Å². The van der Waals surface area contributed by atoms with Gasteiger partial charge in [-0.2, -0.15) is 0 Å². The molecule has 0 atom stereocenters. The van der Waals surface area contributed by atoms with Gasteiger partial charge < -0.3 is 15.1 Å². The Labute approximate surface area is 192 Å². The van der Waals surface area contributed by atoms with Crippen LogP contribution in [0.2, 0.25) is 0 Å². The van der Waals surface area contributed by atoms with Crippen LogP contribution in [-0.4, -0.2) is 16.9 Å². The molecule has 1 heterocycles. The summed E-state index contributed by atoms with van der Waals surface area (Å²) in [7, 11) is 0. The Hall–Kier alpha value is -3.71. The molecule has 0 fully saturated rings. The lowest BCUT2D eigenvalue weighted by atomic mass is 10.0. The van der Waals surface area contributed by atoms with Crippen molar-refractivity contribution in [3.63, 3.8) is 0 Å². The van der Waals surface area contributed by atoms with E-state index in [-0.39, 0.29) is 22.7 Å². The number of anilines is 2.